The zero-order valence-corrected chi connectivity index (χ0v) is 14.1. The van der Waals surface area contributed by atoms with Gasteiger partial charge in [0, 0.05) is 11.6 Å². The molecule has 0 radical (unpaired) electrons. The van der Waals surface area contributed by atoms with Crippen LogP contribution in [0.15, 0.2) is 18.2 Å². The van der Waals surface area contributed by atoms with Crippen LogP contribution in [-0.4, -0.2) is 28.8 Å². The number of carbonyl (C=O) groups is 2. The SMILES string of the molecule is CCCC(C)(C)NC(=O)CNC(=O)c1c(Cl)cccc1[N+](=O)[O-]. The Morgan fingerprint density at radius 1 is 1.35 bits per heavy atom. The maximum atomic E-state index is 12.1. The fourth-order valence-electron chi connectivity index (χ4n) is 2.25. The first kappa shape index (κ1) is 18.9. The highest BCUT2D eigenvalue weighted by Crippen LogP contribution is 2.25. The lowest BCUT2D eigenvalue weighted by molar-refractivity contribution is -0.385. The van der Waals surface area contributed by atoms with E-state index in [1.807, 2.05) is 20.8 Å². The topological polar surface area (TPSA) is 101 Å². The molecule has 0 aliphatic heterocycles. The van der Waals surface area contributed by atoms with E-state index in [4.69, 9.17) is 11.6 Å². The average Bonchev–Trinajstić information content (AvgIpc) is 2.43. The van der Waals surface area contributed by atoms with Gasteiger partial charge in [0.05, 0.1) is 16.5 Å². The van der Waals surface area contributed by atoms with Crippen molar-refractivity contribution in [2.24, 2.45) is 0 Å². The van der Waals surface area contributed by atoms with Crippen LogP contribution in [0.25, 0.3) is 0 Å². The first-order chi connectivity index (χ1) is 10.7. The molecule has 1 rings (SSSR count). The largest absolute Gasteiger partial charge is 0.350 e. The normalized spacial score (nSPS) is 11.0. The number of carbonyl (C=O) groups excluding carboxylic acids is 2. The molecule has 0 aliphatic rings. The highest BCUT2D eigenvalue weighted by atomic mass is 35.5. The van der Waals surface area contributed by atoms with Gasteiger partial charge in [-0.2, -0.15) is 0 Å². The van der Waals surface area contributed by atoms with Crippen LogP contribution in [0.5, 0.6) is 0 Å². The van der Waals surface area contributed by atoms with E-state index in [0.29, 0.717) is 0 Å². The molecule has 8 heteroatoms. The lowest BCUT2D eigenvalue weighted by Gasteiger charge is -2.25. The van der Waals surface area contributed by atoms with Crippen LogP contribution in [0, 0.1) is 10.1 Å². The third-order valence-corrected chi connectivity index (χ3v) is 3.49. The van der Waals surface area contributed by atoms with E-state index in [9.17, 15) is 19.7 Å². The lowest BCUT2D eigenvalue weighted by atomic mass is 9.99. The van der Waals surface area contributed by atoms with E-state index in [1.165, 1.54) is 18.2 Å². The maximum absolute atomic E-state index is 12.1. The van der Waals surface area contributed by atoms with Crippen molar-refractivity contribution in [2.45, 2.75) is 39.2 Å². The minimum Gasteiger partial charge on any atom is -0.350 e. The maximum Gasteiger partial charge on any atom is 0.283 e. The van der Waals surface area contributed by atoms with Gasteiger partial charge in [-0.1, -0.05) is 31.0 Å². The lowest BCUT2D eigenvalue weighted by Crippen LogP contribution is -2.47. The second-order valence-corrected chi connectivity index (χ2v) is 6.16. The summed E-state index contributed by atoms with van der Waals surface area (Å²) < 4.78 is 0. The summed E-state index contributed by atoms with van der Waals surface area (Å²) in [6.45, 7) is 5.49. The van der Waals surface area contributed by atoms with Gasteiger partial charge in [-0.05, 0) is 26.3 Å². The van der Waals surface area contributed by atoms with Crippen LogP contribution >= 0.6 is 11.6 Å². The quantitative estimate of drug-likeness (QED) is 0.588. The minimum absolute atomic E-state index is 0.0385. The molecule has 126 valence electrons. The highest BCUT2D eigenvalue weighted by Gasteiger charge is 2.24. The molecule has 0 heterocycles. The first-order valence-corrected chi connectivity index (χ1v) is 7.58. The van der Waals surface area contributed by atoms with Crippen molar-refractivity contribution in [2.75, 3.05) is 6.54 Å². The smallest absolute Gasteiger partial charge is 0.283 e. The Morgan fingerprint density at radius 2 is 2.00 bits per heavy atom. The summed E-state index contributed by atoms with van der Waals surface area (Å²) in [7, 11) is 0. The number of halogens is 1. The molecule has 0 bridgehead atoms. The van der Waals surface area contributed by atoms with Crippen molar-refractivity contribution in [3.8, 4) is 0 Å². The van der Waals surface area contributed by atoms with Gasteiger partial charge in [0.25, 0.3) is 11.6 Å². The highest BCUT2D eigenvalue weighted by molar-refractivity contribution is 6.34. The molecule has 23 heavy (non-hydrogen) atoms. The Morgan fingerprint density at radius 3 is 2.57 bits per heavy atom. The van der Waals surface area contributed by atoms with Gasteiger partial charge in [-0.15, -0.1) is 0 Å². The summed E-state index contributed by atoms with van der Waals surface area (Å²) in [5.41, 5.74) is -1.03. The molecule has 0 aliphatic carbocycles. The van der Waals surface area contributed by atoms with Crippen molar-refractivity contribution in [3.05, 3.63) is 38.9 Å². The van der Waals surface area contributed by atoms with Gasteiger partial charge >= 0.3 is 0 Å². The third kappa shape index (κ3) is 5.52. The van der Waals surface area contributed by atoms with Crippen molar-refractivity contribution in [1.29, 1.82) is 0 Å². The summed E-state index contributed by atoms with van der Waals surface area (Å²) in [5, 5.41) is 16.1. The number of nitro benzene ring substituents is 1. The zero-order valence-electron chi connectivity index (χ0n) is 13.3. The van der Waals surface area contributed by atoms with Gasteiger partial charge < -0.3 is 10.6 Å². The minimum atomic E-state index is -0.759. The number of rotatable bonds is 7. The Kier molecular flexibility index (Phi) is 6.50. The summed E-state index contributed by atoms with van der Waals surface area (Å²) in [6, 6.07) is 3.95. The van der Waals surface area contributed by atoms with Crippen LogP contribution in [0.2, 0.25) is 5.02 Å². The zero-order chi connectivity index (χ0) is 17.6. The Bertz CT molecular complexity index is 617. The van der Waals surface area contributed by atoms with Crippen molar-refractivity contribution in [3.63, 3.8) is 0 Å². The van der Waals surface area contributed by atoms with Crippen molar-refractivity contribution < 1.29 is 14.5 Å². The number of hydrogen-bond acceptors (Lipinski definition) is 4. The van der Waals surface area contributed by atoms with E-state index >= 15 is 0 Å². The second-order valence-electron chi connectivity index (χ2n) is 5.76. The van der Waals surface area contributed by atoms with Gasteiger partial charge in [0.15, 0.2) is 0 Å². The van der Waals surface area contributed by atoms with Crippen molar-refractivity contribution >= 4 is 29.1 Å². The van der Waals surface area contributed by atoms with Gasteiger partial charge in [-0.3, -0.25) is 19.7 Å². The fourth-order valence-corrected chi connectivity index (χ4v) is 2.50. The molecular formula is C15H20ClN3O4. The number of hydrogen-bond donors (Lipinski definition) is 2. The van der Waals surface area contributed by atoms with E-state index in [2.05, 4.69) is 10.6 Å². The van der Waals surface area contributed by atoms with Gasteiger partial charge in [0.1, 0.15) is 5.56 Å². The molecule has 0 unspecified atom stereocenters. The number of nitrogens with zero attached hydrogens (tertiary/aromatic N) is 1. The van der Waals surface area contributed by atoms with E-state index < -0.39 is 16.5 Å². The van der Waals surface area contributed by atoms with Crippen LogP contribution in [-0.2, 0) is 4.79 Å². The monoisotopic (exact) mass is 341 g/mol. The predicted octanol–water partition coefficient (Wildman–Crippen LogP) is 2.67. The first-order valence-electron chi connectivity index (χ1n) is 7.20. The molecule has 0 fully saturated rings. The van der Waals surface area contributed by atoms with Gasteiger partial charge in [-0.25, -0.2) is 0 Å². The summed E-state index contributed by atoms with van der Waals surface area (Å²) >= 11 is 5.87. The predicted molar refractivity (Wildman–Crippen MR) is 87.6 cm³/mol. The summed E-state index contributed by atoms with van der Waals surface area (Å²) in [5.74, 6) is -1.13. The molecule has 1 aromatic rings. The second kappa shape index (κ2) is 7.92. The average molecular weight is 342 g/mol. The molecule has 0 saturated heterocycles. The molecule has 2 N–H and O–H groups in total. The van der Waals surface area contributed by atoms with E-state index in [0.717, 1.165) is 12.8 Å². The Balaban J connectivity index is 2.75. The van der Waals surface area contributed by atoms with E-state index in [1.54, 1.807) is 0 Å². The summed E-state index contributed by atoms with van der Waals surface area (Å²) in [6.07, 6.45) is 1.70. The third-order valence-electron chi connectivity index (χ3n) is 3.18. The van der Waals surface area contributed by atoms with Crippen LogP contribution < -0.4 is 10.6 Å². The van der Waals surface area contributed by atoms with Gasteiger partial charge in [0.2, 0.25) is 5.91 Å². The number of amides is 2. The molecule has 1 aromatic carbocycles. The molecule has 0 atom stereocenters. The van der Waals surface area contributed by atoms with Crippen LogP contribution in [0.4, 0.5) is 5.69 Å². The molecule has 2 amide bonds. The van der Waals surface area contributed by atoms with Crippen LogP contribution in [0.3, 0.4) is 0 Å². The number of nitrogens with one attached hydrogen (secondary N) is 2. The Hall–Kier alpha value is -2.15. The fraction of sp³-hybridized carbons (Fsp3) is 0.467. The van der Waals surface area contributed by atoms with Crippen molar-refractivity contribution in [1.82, 2.24) is 10.6 Å². The van der Waals surface area contributed by atoms with Crippen LogP contribution in [0.1, 0.15) is 44.0 Å². The molecule has 0 spiro atoms. The number of nitro groups is 1. The van der Waals surface area contributed by atoms with E-state index in [-0.39, 0.29) is 28.6 Å². The summed E-state index contributed by atoms with van der Waals surface area (Å²) in [4.78, 5) is 34.3. The molecule has 7 nitrogen and oxygen atoms in total. The Labute approximate surface area is 139 Å². The number of benzene rings is 1. The molecular weight excluding hydrogens is 322 g/mol. The molecule has 0 aromatic heterocycles. The standard InChI is InChI=1S/C15H20ClN3O4/c1-4-8-15(2,3)18-12(20)9-17-14(21)13-10(16)6-5-7-11(13)19(22)23/h5-7H,4,8-9H2,1-3H3,(H,17,21)(H,18,20). The molecule has 0 saturated carbocycles.